The van der Waals surface area contributed by atoms with Gasteiger partial charge in [0, 0.05) is 0 Å². The van der Waals surface area contributed by atoms with Crippen LogP contribution in [0, 0.1) is 0 Å². The van der Waals surface area contributed by atoms with Crippen molar-refractivity contribution in [2.75, 3.05) is 5.75 Å². The molecular formula is C12H16O3S. The van der Waals surface area contributed by atoms with E-state index in [1.165, 1.54) is 12.5 Å². The van der Waals surface area contributed by atoms with Crippen LogP contribution in [0.1, 0.15) is 24.5 Å². The minimum atomic E-state index is -3.33. The molecule has 0 saturated carbocycles. The molecule has 1 aliphatic rings. The zero-order valence-corrected chi connectivity index (χ0v) is 10.1. The molecule has 1 aromatic rings. The summed E-state index contributed by atoms with van der Waals surface area (Å²) >= 11 is 0. The molecule has 2 rings (SSSR count). The van der Waals surface area contributed by atoms with Crippen molar-refractivity contribution in [3.8, 4) is 0 Å². The summed E-state index contributed by atoms with van der Waals surface area (Å²) in [5.74, 6) is -0.203. The highest BCUT2D eigenvalue weighted by Gasteiger charge is 2.20. The summed E-state index contributed by atoms with van der Waals surface area (Å²) < 4.78 is 23.8. The summed E-state index contributed by atoms with van der Waals surface area (Å²) in [7, 11) is -3.33. The Morgan fingerprint density at radius 2 is 2.00 bits per heavy atom. The second kappa shape index (κ2) is 4.18. The molecule has 0 aliphatic heterocycles. The maximum atomic E-state index is 11.9. The number of sulfone groups is 1. The summed E-state index contributed by atoms with van der Waals surface area (Å²) in [6.07, 6.45) is 2.30. The van der Waals surface area contributed by atoms with Crippen LogP contribution < -0.4 is 0 Å². The van der Waals surface area contributed by atoms with Crippen molar-refractivity contribution >= 4 is 9.84 Å². The van der Waals surface area contributed by atoms with Gasteiger partial charge < -0.3 is 5.11 Å². The van der Waals surface area contributed by atoms with Gasteiger partial charge in [0.15, 0.2) is 9.84 Å². The Morgan fingerprint density at radius 3 is 2.69 bits per heavy atom. The van der Waals surface area contributed by atoms with E-state index in [1.807, 2.05) is 6.07 Å². The standard InChI is InChI=1S/C12H16O3S/c1-9(13)8-16(14,15)12-6-5-10-3-2-4-11(10)7-12/h5-7,9,13H,2-4,8H2,1H3/t9-/m0/s1. The van der Waals surface area contributed by atoms with Gasteiger partial charge in [-0.25, -0.2) is 8.42 Å². The lowest BCUT2D eigenvalue weighted by Gasteiger charge is -2.08. The minimum absolute atomic E-state index is 0.203. The summed E-state index contributed by atoms with van der Waals surface area (Å²) in [6.45, 7) is 1.49. The smallest absolute Gasteiger partial charge is 0.180 e. The zero-order valence-electron chi connectivity index (χ0n) is 9.31. The van der Waals surface area contributed by atoms with Crippen LogP contribution in [0.3, 0.4) is 0 Å². The predicted molar refractivity (Wildman–Crippen MR) is 62.2 cm³/mol. The normalized spacial score (nSPS) is 17.1. The van der Waals surface area contributed by atoms with E-state index in [0.29, 0.717) is 4.90 Å². The van der Waals surface area contributed by atoms with E-state index in [0.717, 1.165) is 24.8 Å². The Labute approximate surface area is 96.0 Å². The van der Waals surface area contributed by atoms with Crippen LogP contribution in [0.25, 0.3) is 0 Å². The molecule has 0 saturated heterocycles. The van der Waals surface area contributed by atoms with Crippen molar-refractivity contribution in [3.63, 3.8) is 0 Å². The number of benzene rings is 1. The van der Waals surface area contributed by atoms with Crippen molar-refractivity contribution in [1.82, 2.24) is 0 Å². The van der Waals surface area contributed by atoms with Gasteiger partial charge in [0.2, 0.25) is 0 Å². The van der Waals surface area contributed by atoms with Gasteiger partial charge in [0.05, 0.1) is 16.8 Å². The van der Waals surface area contributed by atoms with Gasteiger partial charge >= 0.3 is 0 Å². The molecular weight excluding hydrogens is 224 g/mol. The fourth-order valence-electron chi connectivity index (χ4n) is 2.16. The second-order valence-corrected chi connectivity index (χ2v) is 6.45. The Morgan fingerprint density at radius 1 is 1.31 bits per heavy atom. The number of aliphatic hydroxyl groups excluding tert-OH is 1. The number of aliphatic hydroxyl groups is 1. The molecule has 1 aromatic carbocycles. The third kappa shape index (κ3) is 2.28. The maximum absolute atomic E-state index is 11.9. The Balaban J connectivity index is 2.34. The molecule has 0 heterocycles. The first-order valence-electron chi connectivity index (χ1n) is 5.52. The highest BCUT2D eigenvalue weighted by Crippen LogP contribution is 2.25. The molecule has 1 N–H and O–H groups in total. The predicted octanol–water partition coefficient (Wildman–Crippen LogP) is 1.33. The minimum Gasteiger partial charge on any atom is -0.392 e. The van der Waals surface area contributed by atoms with Crippen molar-refractivity contribution < 1.29 is 13.5 Å². The molecule has 1 aliphatic carbocycles. The number of aryl methyl sites for hydroxylation is 2. The number of hydrogen-bond donors (Lipinski definition) is 1. The molecule has 4 heteroatoms. The van der Waals surface area contributed by atoms with Crippen molar-refractivity contribution in [2.24, 2.45) is 0 Å². The molecule has 0 bridgehead atoms. The maximum Gasteiger partial charge on any atom is 0.180 e. The molecule has 1 atom stereocenters. The number of hydrogen-bond acceptors (Lipinski definition) is 3. The van der Waals surface area contributed by atoms with Gasteiger partial charge in [-0.3, -0.25) is 0 Å². The lowest BCUT2D eigenvalue weighted by atomic mass is 10.1. The summed E-state index contributed by atoms with van der Waals surface area (Å²) in [6, 6.07) is 5.32. The van der Waals surface area contributed by atoms with Crippen LogP contribution in [0.4, 0.5) is 0 Å². The quantitative estimate of drug-likeness (QED) is 0.867. The molecule has 16 heavy (non-hydrogen) atoms. The van der Waals surface area contributed by atoms with E-state index in [1.54, 1.807) is 12.1 Å². The molecule has 0 radical (unpaired) electrons. The highest BCUT2D eigenvalue weighted by molar-refractivity contribution is 7.91. The van der Waals surface area contributed by atoms with Crippen LogP contribution in [0.15, 0.2) is 23.1 Å². The molecule has 0 amide bonds. The van der Waals surface area contributed by atoms with Gasteiger partial charge in [0.25, 0.3) is 0 Å². The van der Waals surface area contributed by atoms with Crippen LogP contribution in [-0.2, 0) is 22.7 Å². The summed E-state index contributed by atoms with van der Waals surface area (Å²) in [5, 5.41) is 9.16. The van der Waals surface area contributed by atoms with Crippen LogP contribution in [-0.4, -0.2) is 25.4 Å². The molecule has 0 unspecified atom stereocenters. The molecule has 3 nitrogen and oxygen atoms in total. The lowest BCUT2D eigenvalue weighted by Crippen LogP contribution is -2.17. The SMILES string of the molecule is C[C@H](O)CS(=O)(=O)c1ccc2c(c1)CCC2. The van der Waals surface area contributed by atoms with E-state index in [4.69, 9.17) is 5.11 Å². The van der Waals surface area contributed by atoms with Gasteiger partial charge in [-0.05, 0) is 49.4 Å². The van der Waals surface area contributed by atoms with Crippen molar-refractivity contribution in [3.05, 3.63) is 29.3 Å². The summed E-state index contributed by atoms with van der Waals surface area (Å²) in [5.41, 5.74) is 2.41. The fourth-order valence-corrected chi connectivity index (χ4v) is 3.58. The topological polar surface area (TPSA) is 54.4 Å². The van der Waals surface area contributed by atoms with Gasteiger partial charge in [-0.2, -0.15) is 0 Å². The molecule has 0 aromatic heterocycles. The second-order valence-electron chi connectivity index (χ2n) is 4.41. The third-order valence-corrected chi connectivity index (χ3v) is 4.78. The highest BCUT2D eigenvalue weighted by atomic mass is 32.2. The van der Waals surface area contributed by atoms with Crippen LogP contribution in [0.2, 0.25) is 0 Å². The van der Waals surface area contributed by atoms with E-state index < -0.39 is 15.9 Å². The Bertz CT molecular complexity index is 489. The van der Waals surface area contributed by atoms with E-state index in [2.05, 4.69) is 0 Å². The van der Waals surface area contributed by atoms with E-state index >= 15 is 0 Å². The van der Waals surface area contributed by atoms with Crippen LogP contribution in [0.5, 0.6) is 0 Å². The number of rotatable bonds is 3. The average Bonchev–Trinajstić information content (AvgIpc) is 2.61. The molecule has 0 fully saturated rings. The summed E-state index contributed by atoms with van der Waals surface area (Å²) in [4.78, 5) is 0.342. The third-order valence-electron chi connectivity index (χ3n) is 2.89. The zero-order chi connectivity index (χ0) is 11.8. The molecule has 88 valence electrons. The van der Waals surface area contributed by atoms with Crippen molar-refractivity contribution in [2.45, 2.75) is 37.2 Å². The first-order valence-corrected chi connectivity index (χ1v) is 7.17. The molecule has 0 spiro atoms. The van der Waals surface area contributed by atoms with Crippen LogP contribution >= 0.6 is 0 Å². The van der Waals surface area contributed by atoms with Gasteiger partial charge in [0.1, 0.15) is 0 Å². The average molecular weight is 240 g/mol. The Kier molecular flexibility index (Phi) is 3.04. The van der Waals surface area contributed by atoms with E-state index in [-0.39, 0.29) is 5.75 Å². The van der Waals surface area contributed by atoms with Gasteiger partial charge in [-0.15, -0.1) is 0 Å². The van der Waals surface area contributed by atoms with Crippen molar-refractivity contribution in [1.29, 1.82) is 0 Å². The van der Waals surface area contributed by atoms with E-state index in [9.17, 15) is 8.42 Å². The van der Waals surface area contributed by atoms with Gasteiger partial charge in [-0.1, -0.05) is 6.07 Å². The first-order chi connectivity index (χ1) is 7.49. The first kappa shape index (κ1) is 11.6. The number of fused-ring (bicyclic) bond motifs is 1. The largest absolute Gasteiger partial charge is 0.392 e. The Hall–Kier alpha value is -0.870. The lowest BCUT2D eigenvalue weighted by molar-refractivity contribution is 0.218. The monoisotopic (exact) mass is 240 g/mol. The fraction of sp³-hybridized carbons (Fsp3) is 0.500.